The Morgan fingerprint density at radius 3 is 2.48 bits per heavy atom. The average molecular weight is 286 g/mol. The Labute approximate surface area is 121 Å². The first kappa shape index (κ1) is 14.5. The van der Waals surface area contributed by atoms with Crippen LogP contribution in [0.1, 0.15) is 10.4 Å². The van der Waals surface area contributed by atoms with Crippen molar-refractivity contribution in [2.75, 3.05) is 17.4 Å². The van der Waals surface area contributed by atoms with Crippen LogP contribution >= 0.6 is 0 Å². The quantitative estimate of drug-likeness (QED) is 0.509. The lowest BCUT2D eigenvalue weighted by atomic mass is 10.1. The van der Waals surface area contributed by atoms with E-state index in [2.05, 4.69) is 5.43 Å². The zero-order chi connectivity index (χ0) is 15.4. The van der Waals surface area contributed by atoms with Crippen molar-refractivity contribution in [1.82, 2.24) is 0 Å². The molecular formula is C14H14N4O3. The maximum atomic E-state index is 12.4. The van der Waals surface area contributed by atoms with E-state index in [1.807, 2.05) is 18.2 Å². The number of hydrogen-bond acceptors (Lipinski definition) is 5. The summed E-state index contributed by atoms with van der Waals surface area (Å²) >= 11 is 0. The molecule has 0 saturated heterocycles. The van der Waals surface area contributed by atoms with Crippen molar-refractivity contribution in [2.45, 2.75) is 0 Å². The van der Waals surface area contributed by atoms with E-state index in [0.717, 1.165) is 0 Å². The highest BCUT2D eigenvalue weighted by Gasteiger charge is 2.19. The van der Waals surface area contributed by atoms with Gasteiger partial charge >= 0.3 is 0 Å². The number of carbonyl (C=O) groups is 1. The molecule has 0 radical (unpaired) electrons. The van der Waals surface area contributed by atoms with Crippen LogP contribution in [0.4, 0.5) is 17.1 Å². The first-order valence-corrected chi connectivity index (χ1v) is 6.12. The van der Waals surface area contributed by atoms with E-state index in [9.17, 15) is 14.9 Å². The number of amides is 1. The number of hydrogen-bond donors (Lipinski definition) is 2. The Hall–Kier alpha value is -2.93. The van der Waals surface area contributed by atoms with Gasteiger partial charge in [0, 0.05) is 24.4 Å². The molecule has 0 unspecified atom stereocenters. The predicted octanol–water partition coefficient (Wildman–Crippen LogP) is 2.16. The summed E-state index contributed by atoms with van der Waals surface area (Å²) in [5, 5.41) is 11.0. The van der Waals surface area contributed by atoms with E-state index in [0.29, 0.717) is 5.69 Å². The van der Waals surface area contributed by atoms with Crippen molar-refractivity contribution in [1.29, 1.82) is 0 Å². The molecule has 7 nitrogen and oxygen atoms in total. The molecule has 0 spiro atoms. The van der Waals surface area contributed by atoms with Gasteiger partial charge in [0.1, 0.15) is 5.69 Å². The smallest absolute Gasteiger partial charge is 0.294 e. The number of hydrazine groups is 1. The second-order valence-corrected chi connectivity index (χ2v) is 4.33. The number of anilines is 2. The number of nitrogens with two attached hydrogens (primary N) is 1. The molecule has 0 atom stereocenters. The number of nitro benzene ring substituents is 1. The van der Waals surface area contributed by atoms with Crippen molar-refractivity contribution in [3.05, 3.63) is 64.2 Å². The van der Waals surface area contributed by atoms with E-state index in [-0.39, 0.29) is 22.8 Å². The molecule has 0 bridgehead atoms. The highest BCUT2D eigenvalue weighted by molar-refractivity contribution is 6.06. The SMILES string of the molecule is CN(C(=O)c1ccc(NN)c([N+](=O)[O-])c1)c1ccccc1. The number of carbonyl (C=O) groups excluding carboxylic acids is 1. The van der Waals surface area contributed by atoms with Crippen LogP contribution in [0.15, 0.2) is 48.5 Å². The van der Waals surface area contributed by atoms with Gasteiger partial charge in [-0.25, -0.2) is 0 Å². The van der Waals surface area contributed by atoms with Gasteiger partial charge in [0.25, 0.3) is 11.6 Å². The summed E-state index contributed by atoms with van der Waals surface area (Å²) in [5.41, 5.74) is 3.06. The zero-order valence-electron chi connectivity index (χ0n) is 11.3. The molecule has 0 fully saturated rings. The van der Waals surface area contributed by atoms with Crippen molar-refractivity contribution < 1.29 is 9.72 Å². The third-order valence-corrected chi connectivity index (χ3v) is 3.05. The Kier molecular flexibility index (Phi) is 4.15. The van der Waals surface area contributed by atoms with E-state index < -0.39 is 4.92 Å². The maximum Gasteiger partial charge on any atom is 0.294 e. The average Bonchev–Trinajstić information content (AvgIpc) is 2.53. The van der Waals surface area contributed by atoms with E-state index in [1.165, 1.54) is 23.1 Å². The molecule has 0 heterocycles. The molecular weight excluding hydrogens is 272 g/mol. The van der Waals surface area contributed by atoms with Gasteiger partial charge in [0.15, 0.2) is 0 Å². The number of nitrogens with zero attached hydrogens (tertiary/aromatic N) is 2. The van der Waals surface area contributed by atoms with Crippen LogP contribution in [0.25, 0.3) is 0 Å². The number of rotatable bonds is 4. The van der Waals surface area contributed by atoms with Crippen LogP contribution in [0, 0.1) is 10.1 Å². The minimum atomic E-state index is -0.589. The van der Waals surface area contributed by atoms with Gasteiger partial charge < -0.3 is 10.3 Å². The predicted molar refractivity (Wildman–Crippen MR) is 80.1 cm³/mol. The molecule has 108 valence electrons. The number of benzene rings is 2. The number of nitro groups is 1. The standard InChI is InChI=1S/C14H14N4O3/c1-17(11-5-3-2-4-6-11)14(19)10-7-8-12(16-15)13(9-10)18(20)21/h2-9,16H,15H2,1H3. The summed E-state index contributed by atoms with van der Waals surface area (Å²) in [4.78, 5) is 24.2. The highest BCUT2D eigenvalue weighted by Crippen LogP contribution is 2.26. The fraction of sp³-hybridized carbons (Fsp3) is 0.0714. The maximum absolute atomic E-state index is 12.4. The van der Waals surface area contributed by atoms with Gasteiger partial charge in [-0.05, 0) is 24.3 Å². The minimum absolute atomic E-state index is 0.152. The fourth-order valence-electron chi connectivity index (χ4n) is 1.90. The lowest BCUT2D eigenvalue weighted by Crippen LogP contribution is -2.26. The Bertz CT molecular complexity index is 673. The van der Waals surface area contributed by atoms with Crippen molar-refractivity contribution in [2.24, 2.45) is 5.84 Å². The van der Waals surface area contributed by atoms with Crippen molar-refractivity contribution in [3.63, 3.8) is 0 Å². The number of para-hydroxylation sites is 1. The molecule has 0 aromatic heterocycles. The second kappa shape index (κ2) is 6.02. The van der Waals surface area contributed by atoms with Crippen LogP contribution < -0.4 is 16.2 Å². The molecule has 2 aromatic carbocycles. The minimum Gasteiger partial charge on any atom is -0.318 e. The molecule has 21 heavy (non-hydrogen) atoms. The summed E-state index contributed by atoms with van der Waals surface area (Å²) in [6.45, 7) is 0. The molecule has 3 N–H and O–H groups in total. The number of nitrogen functional groups attached to an aromatic ring is 1. The summed E-state index contributed by atoms with van der Waals surface area (Å²) < 4.78 is 0. The third kappa shape index (κ3) is 2.98. The lowest BCUT2D eigenvalue weighted by Gasteiger charge is -2.17. The van der Waals surface area contributed by atoms with Crippen LogP contribution in [-0.4, -0.2) is 17.9 Å². The van der Waals surface area contributed by atoms with Gasteiger partial charge in [0.05, 0.1) is 4.92 Å². The summed E-state index contributed by atoms with van der Waals surface area (Å²) in [5.74, 6) is 4.88. The number of nitrogens with one attached hydrogen (secondary N) is 1. The van der Waals surface area contributed by atoms with Crippen LogP contribution in [0.3, 0.4) is 0 Å². The lowest BCUT2D eigenvalue weighted by molar-refractivity contribution is -0.384. The molecule has 0 saturated carbocycles. The van der Waals surface area contributed by atoms with Gasteiger partial charge in [0.2, 0.25) is 0 Å². The van der Waals surface area contributed by atoms with E-state index in [1.54, 1.807) is 19.2 Å². The second-order valence-electron chi connectivity index (χ2n) is 4.33. The normalized spacial score (nSPS) is 10.0. The monoisotopic (exact) mass is 286 g/mol. The summed E-state index contributed by atoms with van der Waals surface area (Å²) in [6, 6.07) is 13.1. The van der Waals surface area contributed by atoms with Crippen LogP contribution in [0.2, 0.25) is 0 Å². The van der Waals surface area contributed by atoms with E-state index in [4.69, 9.17) is 5.84 Å². The summed E-state index contributed by atoms with van der Waals surface area (Å²) in [6.07, 6.45) is 0. The molecule has 0 aliphatic carbocycles. The molecule has 1 amide bonds. The Morgan fingerprint density at radius 2 is 1.90 bits per heavy atom. The van der Waals surface area contributed by atoms with Gasteiger partial charge in [-0.15, -0.1) is 0 Å². The van der Waals surface area contributed by atoms with Gasteiger partial charge in [-0.2, -0.15) is 0 Å². The van der Waals surface area contributed by atoms with Crippen molar-refractivity contribution in [3.8, 4) is 0 Å². The van der Waals surface area contributed by atoms with Gasteiger partial charge in [-0.3, -0.25) is 20.8 Å². The first-order valence-electron chi connectivity index (χ1n) is 6.12. The summed E-state index contributed by atoms with van der Waals surface area (Å²) in [7, 11) is 1.61. The zero-order valence-corrected chi connectivity index (χ0v) is 11.3. The molecule has 2 rings (SSSR count). The Morgan fingerprint density at radius 1 is 1.24 bits per heavy atom. The van der Waals surface area contributed by atoms with Gasteiger partial charge in [-0.1, -0.05) is 18.2 Å². The highest BCUT2D eigenvalue weighted by atomic mass is 16.6. The van der Waals surface area contributed by atoms with Crippen molar-refractivity contribution >= 4 is 23.0 Å². The topological polar surface area (TPSA) is 102 Å². The first-order chi connectivity index (χ1) is 10.0. The van der Waals surface area contributed by atoms with E-state index >= 15 is 0 Å². The van der Waals surface area contributed by atoms with Crippen LogP contribution in [0.5, 0.6) is 0 Å². The van der Waals surface area contributed by atoms with Crippen LogP contribution in [-0.2, 0) is 0 Å². The third-order valence-electron chi connectivity index (χ3n) is 3.05. The Balaban J connectivity index is 2.36. The molecule has 0 aliphatic heterocycles. The molecule has 2 aromatic rings. The fourth-order valence-corrected chi connectivity index (χ4v) is 1.90. The molecule has 7 heteroatoms. The largest absolute Gasteiger partial charge is 0.318 e. The molecule has 0 aliphatic rings.